The van der Waals surface area contributed by atoms with Crippen LogP contribution in [0.2, 0.25) is 0 Å². The monoisotopic (exact) mass is 304 g/mol. The first kappa shape index (κ1) is 14.4. The van der Waals surface area contributed by atoms with Crippen molar-refractivity contribution in [2.75, 3.05) is 18.9 Å². The molecule has 3 heterocycles. The first-order chi connectivity index (χ1) is 10.5. The van der Waals surface area contributed by atoms with Crippen molar-refractivity contribution < 1.29 is 9.18 Å². The van der Waals surface area contributed by atoms with Crippen LogP contribution in [0.15, 0.2) is 24.8 Å². The number of rotatable bonds is 4. The van der Waals surface area contributed by atoms with Crippen LogP contribution < -0.4 is 5.32 Å². The number of nitrogens with one attached hydrogen (secondary N) is 1. The van der Waals surface area contributed by atoms with Gasteiger partial charge in [0, 0.05) is 44.7 Å². The summed E-state index contributed by atoms with van der Waals surface area (Å²) in [6.45, 7) is 0.529. The zero-order valence-electron chi connectivity index (χ0n) is 12.4. The van der Waals surface area contributed by atoms with E-state index in [0.717, 1.165) is 18.0 Å². The van der Waals surface area contributed by atoms with Crippen molar-refractivity contribution in [3.8, 4) is 0 Å². The van der Waals surface area contributed by atoms with Crippen molar-refractivity contribution in [1.82, 2.24) is 24.6 Å². The van der Waals surface area contributed by atoms with E-state index >= 15 is 0 Å². The fourth-order valence-electron chi connectivity index (χ4n) is 2.85. The van der Waals surface area contributed by atoms with Crippen LogP contribution in [0.25, 0.3) is 0 Å². The highest BCUT2D eigenvalue weighted by Crippen LogP contribution is 2.36. The summed E-state index contributed by atoms with van der Waals surface area (Å²) in [7, 11) is 3.65. The standard InChI is InChI=1S/C14H17FN6O/c1-20-8-10(5-19-20)13-9(3-12(22)21(13)2)4-16-14-17-6-11(15)7-18-14/h5-9,13H,3-4H2,1-2H3,(H,16,17,18)/t9-,13+/m0/s1. The number of nitrogens with zero attached hydrogens (tertiary/aromatic N) is 5. The minimum atomic E-state index is -0.477. The molecule has 1 saturated heterocycles. The molecule has 0 unspecified atom stereocenters. The van der Waals surface area contributed by atoms with Gasteiger partial charge >= 0.3 is 0 Å². The van der Waals surface area contributed by atoms with E-state index in [4.69, 9.17) is 0 Å². The molecule has 22 heavy (non-hydrogen) atoms. The molecule has 0 bridgehead atoms. The van der Waals surface area contributed by atoms with Gasteiger partial charge in [-0.2, -0.15) is 5.10 Å². The smallest absolute Gasteiger partial charge is 0.223 e. The summed E-state index contributed by atoms with van der Waals surface area (Å²) in [4.78, 5) is 21.5. The Morgan fingerprint density at radius 3 is 2.68 bits per heavy atom. The lowest BCUT2D eigenvalue weighted by atomic mass is 9.96. The van der Waals surface area contributed by atoms with Crippen LogP contribution in [0.1, 0.15) is 18.0 Å². The summed E-state index contributed by atoms with van der Waals surface area (Å²) in [5.41, 5.74) is 1.00. The molecule has 1 N–H and O–H groups in total. The summed E-state index contributed by atoms with van der Waals surface area (Å²) in [6, 6.07) is -0.0332. The first-order valence-corrected chi connectivity index (χ1v) is 7.00. The molecule has 0 saturated carbocycles. The number of hydrogen-bond donors (Lipinski definition) is 1. The summed E-state index contributed by atoms with van der Waals surface area (Å²) < 4.78 is 14.5. The van der Waals surface area contributed by atoms with Gasteiger partial charge in [-0.1, -0.05) is 0 Å². The van der Waals surface area contributed by atoms with E-state index in [1.807, 2.05) is 13.2 Å². The molecule has 2 atom stereocenters. The predicted molar refractivity (Wildman–Crippen MR) is 77.3 cm³/mol. The maximum absolute atomic E-state index is 12.8. The van der Waals surface area contributed by atoms with Crippen LogP contribution in [-0.4, -0.2) is 44.1 Å². The van der Waals surface area contributed by atoms with E-state index in [1.165, 1.54) is 0 Å². The largest absolute Gasteiger partial charge is 0.354 e. The third-order valence-electron chi connectivity index (χ3n) is 3.90. The van der Waals surface area contributed by atoms with E-state index in [-0.39, 0.29) is 17.9 Å². The fraction of sp³-hybridized carbons (Fsp3) is 0.429. The molecule has 1 fully saturated rings. The van der Waals surface area contributed by atoms with Crippen LogP contribution in [-0.2, 0) is 11.8 Å². The molecule has 2 aromatic heterocycles. The van der Waals surface area contributed by atoms with Crippen LogP contribution in [0.5, 0.6) is 0 Å². The fourth-order valence-corrected chi connectivity index (χ4v) is 2.85. The molecule has 116 valence electrons. The molecule has 1 amide bonds. The quantitative estimate of drug-likeness (QED) is 0.911. The highest BCUT2D eigenvalue weighted by atomic mass is 19.1. The average Bonchev–Trinajstić information content (AvgIpc) is 3.03. The van der Waals surface area contributed by atoms with Gasteiger partial charge in [0.15, 0.2) is 5.82 Å². The van der Waals surface area contributed by atoms with Crippen molar-refractivity contribution in [1.29, 1.82) is 0 Å². The van der Waals surface area contributed by atoms with Crippen molar-refractivity contribution in [2.24, 2.45) is 13.0 Å². The Hall–Kier alpha value is -2.51. The number of hydrogen-bond acceptors (Lipinski definition) is 5. The number of aromatic nitrogens is 4. The van der Waals surface area contributed by atoms with E-state index < -0.39 is 5.82 Å². The summed E-state index contributed by atoms with van der Waals surface area (Å²) in [6.07, 6.45) is 6.37. The number of anilines is 1. The number of halogens is 1. The Labute approximate surface area is 127 Å². The zero-order valence-corrected chi connectivity index (χ0v) is 12.4. The lowest BCUT2D eigenvalue weighted by Gasteiger charge is -2.24. The highest BCUT2D eigenvalue weighted by Gasteiger charge is 2.38. The first-order valence-electron chi connectivity index (χ1n) is 7.00. The molecule has 8 heteroatoms. The van der Waals surface area contributed by atoms with Crippen molar-refractivity contribution in [2.45, 2.75) is 12.5 Å². The minimum Gasteiger partial charge on any atom is -0.354 e. The molecule has 0 aliphatic carbocycles. The number of likely N-dealkylation sites (tertiary alicyclic amines) is 1. The Morgan fingerprint density at radius 2 is 2.05 bits per heavy atom. The maximum atomic E-state index is 12.8. The van der Waals surface area contributed by atoms with Crippen LogP contribution in [0.3, 0.4) is 0 Å². The summed E-state index contributed by atoms with van der Waals surface area (Å²) >= 11 is 0. The van der Waals surface area contributed by atoms with Gasteiger partial charge in [0.05, 0.1) is 24.6 Å². The van der Waals surface area contributed by atoms with Gasteiger partial charge in [-0.05, 0) is 0 Å². The van der Waals surface area contributed by atoms with Crippen LogP contribution >= 0.6 is 0 Å². The van der Waals surface area contributed by atoms with Gasteiger partial charge in [0.2, 0.25) is 11.9 Å². The molecule has 1 aliphatic heterocycles. The topological polar surface area (TPSA) is 75.9 Å². The Bertz CT molecular complexity index is 670. The Morgan fingerprint density at radius 1 is 1.32 bits per heavy atom. The number of carbonyl (C=O) groups is 1. The Balaban J connectivity index is 1.73. The van der Waals surface area contributed by atoms with Crippen molar-refractivity contribution >= 4 is 11.9 Å². The number of amides is 1. The predicted octanol–water partition coefficient (Wildman–Crippen LogP) is 0.981. The van der Waals surface area contributed by atoms with Gasteiger partial charge in [-0.15, -0.1) is 0 Å². The molecule has 0 aromatic carbocycles. The molecule has 0 spiro atoms. The van der Waals surface area contributed by atoms with E-state index in [9.17, 15) is 9.18 Å². The second-order valence-corrected chi connectivity index (χ2v) is 5.47. The lowest BCUT2D eigenvalue weighted by Crippen LogP contribution is -2.26. The molecule has 2 aromatic rings. The third kappa shape index (κ3) is 2.76. The van der Waals surface area contributed by atoms with Crippen LogP contribution in [0.4, 0.5) is 10.3 Å². The second kappa shape index (κ2) is 5.70. The van der Waals surface area contributed by atoms with Gasteiger partial charge in [0.1, 0.15) is 0 Å². The van der Waals surface area contributed by atoms with Gasteiger partial charge in [-0.25, -0.2) is 14.4 Å². The summed E-state index contributed by atoms with van der Waals surface area (Å²) in [5.74, 6) is 0.0546. The normalized spacial score (nSPS) is 21.4. The molecule has 0 radical (unpaired) electrons. The molecular weight excluding hydrogens is 287 g/mol. The molecule has 7 nitrogen and oxygen atoms in total. The average molecular weight is 304 g/mol. The minimum absolute atomic E-state index is 0.0332. The second-order valence-electron chi connectivity index (χ2n) is 5.47. The van der Waals surface area contributed by atoms with Gasteiger partial charge in [-0.3, -0.25) is 9.48 Å². The van der Waals surface area contributed by atoms with E-state index in [2.05, 4.69) is 20.4 Å². The number of aryl methyl sites for hydroxylation is 1. The van der Waals surface area contributed by atoms with Crippen molar-refractivity contribution in [3.63, 3.8) is 0 Å². The maximum Gasteiger partial charge on any atom is 0.223 e. The molecule has 1 aliphatic rings. The molecule has 3 rings (SSSR count). The SMILES string of the molecule is CN1C(=O)C[C@@H](CNc2ncc(F)cn2)[C@@H]1c1cnn(C)c1. The summed E-state index contributed by atoms with van der Waals surface area (Å²) in [5, 5.41) is 7.24. The van der Waals surface area contributed by atoms with Crippen LogP contribution in [0, 0.1) is 11.7 Å². The Kier molecular flexibility index (Phi) is 3.74. The highest BCUT2D eigenvalue weighted by molar-refractivity contribution is 5.79. The molecular formula is C14H17FN6O. The zero-order chi connectivity index (χ0) is 15.7. The third-order valence-corrected chi connectivity index (χ3v) is 3.90. The number of carbonyl (C=O) groups excluding carboxylic acids is 1. The van der Waals surface area contributed by atoms with Crippen molar-refractivity contribution in [3.05, 3.63) is 36.2 Å². The van der Waals surface area contributed by atoms with E-state index in [0.29, 0.717) is 18.9 Å². The van der Waals surface area contributed by atoms with Gasteiger partial charge in [0.25, 0.3) is 0 Å². The lowest BCUT2D eigenvalue weighted by molar-refractivity contribution is -0.127. The van der Waals surface area contributed by atoms with Gasteiger partial charge < -0.3 is 10.2 Å². The van der Waals surface area contributed by atoms with E-state index in [1.54, 1.807) is 22.8 Å².